The lowest BCUT2D eigenvalue weighted by molar-refractivity contribution is -0.127. The van der Waals surface area contributed by atoms with E-state index in [-0.39, 0.29) is 24.9 Å². The topological polar surface area (TPSA) is 90.6 Å². The van der Waals surface area contributed by atoms with Crippen molar-refractivity contribution in [2.45, 2.75) is 26.4 Å². The van der Waals surface area contributed by atoms with E-state index in [1.165, 1.54) is 22.2 Å². The molecule has 0 saturated carbocycles. The number of nitrogens with one attached hydrogen (secondary N) is 1. The Bertz CT molecular complexity index is 1230. The predicted octanol–water partition coefficient (Wildman–Crippen LogP) is 3.46. The Labute approximate surface area is 190 Å². The molecule has 4 rings (SSSR count). The van der Waals surface area contributed by atoms with Crippen molar-refractivity contribution in [2.24, 2.45) is 0 Å². The van der Waals surface area contributed by atoms with Gasteiger partial charge >= 0.3 is 0 Å². The second-order valence-corrected chi connectivity index (χ2v) is 7.37. The maximum Gasteiger partial charge on any atom is 0.260 e. The van der Waals surface area contributed by atoms with Crippen molar-refractivity contribution in [3.63, 3.8) is 0 Å². The molecular weight excluding hydrogens is 425 g/mol. The highest BCUT2D eigenvalue weighted by Gasteiger charge is 2.14. The van der Waals surface area contributed by atoms with Crippen LogP contribution in [0.1, 0.15) is 19.4 Å². The monoisotopic (exact) mass is 449 g/mol. The van der Waals surface area contributed by atoms with Crippen LogP contribution in [0, 0.1) is 5.82 Å². The minimum absolute atomic E-state index is 0.218. The molecule has 0 aliphatic rings. The first-order valence-electron chi connectivity index (χ1n) is 10.7. The summed E-state index contributed by atoms with van der Waals surface area (Å²) in [6, 6.07) is 17.0. The van der Waals surface area contributed by atoms with E-state index >= 15 is 0 Å². The molecule has 1 atom stereocenters. The number of hydrogen-bond acceptors (Lipinski definition) is 6. The van der Waals surface area contributed by atoms with Crippen LogP contribution >= 0.6 is 0 Å². The highest BCUT2D eigenvalue weighted by molar-refractivity contribution is 5.80. The van der Waals surface area contributed by atoms with Gasteiger partial charge in [0.1, 0.15) is 18.2 Å². The number of aromatic nitrogens is 4. The first-order chi connectivity index (χ1) is 16.0. The molecule has 8 nitrogen and oxygen atoms in total. The van der Waals surface area contributed by atoms with Crippen molar-refractivity contribution < 1.29 is 18.7 Å². The molecule has 4 aromatic rings. The van der Waals surface area contributed by atoms with Gasteiger partial charge < -0.3 is 14.8 Å². The number of amides is 1. The van der Waals surface area contributed by atoms with E-state index in [1.54, 1.807) is 31.2 Å². The molecule has 0 bridgehead atoms. The molecule has 33 heavy (non-hydrogen) atoms. The van der Waals surface area contributed by atoms with Crippen LogP contribution in [-0.2, 0) is 11.2 Å². The maximum absolute atomic E-state index is 13.2. The minimum Gasteiger partial charge on any atom is -0.481 e. The van der Waals surface area contributed by atoms with Crippen molar-refractivity contribution in [2.75, 3.05) is 13.2 Å². The number of aryl methyl sites for hydroxylation is 1. The number of ether oxygens (including phenoxy) is 2. The molecule has 1 unspecified atom stereocenters. The Hall–Kier alpha value is -4.01. The molecule has 0 fully saturated rings. The van der Waals surface area contributed by atoms with Crippen molar-refractivity contribution in [3.8, 4) is 23.0 Å². The quantitative estimate of drug-likeness (QED) is 0.394. The second-order valence-electron chi connectivity index (χ2n) is 7.37. The zero-order valence-corrected chi connectivity index (χ0v) is 18.4. The molecule has 2 heterocycles. The summed E-state index contributed by atoms with van der Waals surface area (Å²) >= 11 is 0. The van der Waals surface area contributed by atoms with E-state index in [0.717, 1.165) is 6.42 Å². The number of nitrogens with zero attached hydrogens (tertiary/aromatic N) is 4. The third-order valence-corrected chi connectivity index (χ3v) is 5.01. The van der Waals surface area contributed by atoms with Crippen molar-refractivity contribution in [1.29, 1.82) is 0 Å². The fourth-order valence-corrected chi connectivity index (χ4v) is 3.16. The molecule has 170 valence electrons. The van der Waals surface area contributed by atoms with Crippen LogP contribution in [0.3, 0.4) is 0 Å². The van der Waals surface area contributed by atoms with Gasteiger partial charge in [0, 0.05) is 11.6 Å². The number of hydrogen-bond donors (Lipinski definition) is 1. The highest BCUT2D eigenvalue weighted by atomic mass is 19.1. The van der Waals surface area contributed by atoms with E-state index in [1.807, 2.05) is 24.3 Å². The Balaban J connectivity index is 1.30. The van der Waals surface area contributed by atoms with Crippen LogP contribution in [0.5, 0.6) is 11.6 Å². The SMILES string of the molecule is CCc1ccc(OC(C)C(=O)NCCOc2ccc3nnc(-c4ccc(F)cc4)n3n2)cc1. The third-order valence-electron chi connectivity index (χ3n) is 5.01. The standard InChI is InChI=1S/C24H24FN5O3/c1-3-17-4-10-20(11-5-17)33-16(2)24(31)26-14-15-32-22-13-12-21-27-28-23(30(21)29-22)18-6-8-19(25)9-7-18/h4-13,16H,3,14-15H2,1-2H3,(H,26,31). The first kappa shape index (κ1) is 22.2. The smallest absolute Gasteiger partial charge is 0.260 e. The summed E-state index contributed by atoms with van der Waals surface area (Å²) in [5, 5.41) is 15.4. The van der Waals surface area contributed by atoms with Crippen molar-refractivity contribution >= 4 is 11.6 Å². The number of rotatable bonds is 9. The molecule has 2 aromatic carbocycles. The van der Waals surface area contributed by atoms with Gasteiger partial charge in [0.2, 0.25) is 5.88 Å². The van der Waals surface area contributed by atoms with Gasteiger partial charge in [0.15, 0.2) is 17.6 Å². The Morgan fingerprint density at radius 3 is 2.55 bits per heavy atom. The zero-order valence-electron chi connectivity index (χ0n) is 18.4. The van der Waals surface area contributed by atoms with Gasteiger partial charge in [-0.15, -0.1) is 15.3 Å². The summed E-state index contributed by atoms with van der Waals surface area (Å²) in [7, 11) is 0. The number of benzene rings is 2. The molecule has 1 N–H and O–H groups in total. The first-order valence-corrected chi connectivity index (χ1v) is 10.7. The van der Waals surface area contributed by atoms with Crippen LogP contribution in [-0.4, -0.2) is 45.0 Å². The number of halogens is 1. The largest absolute Gasteiger partial charge is 0.481 e. The molecule has 0 saturated heterocycles. The molecule has 0 aliphatic carbocycles. The maximum atomic E-state index is 13.2. The minimum atomic E-state index is -0.637. The average molecular weight is 449 g/mol. The average Bonchev–Trinajstić information content (AvgIpc) is 3.26. The van der Waals surface area contributed by atoms with Crippen LogP contribution < -0.4 is 14.8 Å². The van der Waals surface area contributed by atoms with Crippen molar-refractivity contribution in [3.05, 3.63) is 72.0 Å². The highest BCUT2D eigenvalue weighted by Crippen LogP contribution is 2.19. The molecular formula is C24H24FN5O3. The van der Waals surface area contributed by atoms with Gasteiger partial charge in [0.25, 0.3) is 5.91 Å². The summed E-state index contributed by atoms with van der Waals surface area (Å²) in [5.41, 5.74) is 2.42. The summed E-state index contributed by atoms with van der Waals surface area (Å²) in [6.45, 7) is 4.28. The predicted molar refractivity (Wildman–Crippen MR) is 121 cm³/mol. The Morgan fingerprint density at radius 1 is 1.06 bits per heavy atom. The van der Waals surface area contributed by atoms with Crippen LogP contribution in [0.15, 0.2) is 60.7 Å². The van der Waals surface area contributed by atoms with Gasteiger partial charge in [-0.2, -0.15) is 4.52 Å². The van der Waals surface area contributed by atoms with Crippen LogP contribution in [0.25, 0.3) is 17.0 Å². The third kappa shape index (κ3) is 5.43. The molecule has 0 aliphatic heterocycles. The number of carbonyl (C=O) groups excluding carboxylic acids is 1. The van der Waals surface area contributed by atoms with Gasteiger partial charge in [0.05, 0.1) is 6.54 Å². The van der Waals surface area contributed by atoms with E-state index in [9.17, 15) is 9.18 Å². The zero-order chi connectivity index (χ0) is 23.2. The molecule has 9 heteroatoms. The fraction of sp³-hybridized carbons (Fsp3) is 0.250. The Kier molecular flexibility index (Phi) is 6.77. The molecule has 0 radical (unpaired) electrons. The normalized spacial score (nSPS) is 11.8. The summed E-state index contributed by atoms with van der Waals surface area (Å²) in [4.78, 5) is 12.3. The van der Waals surface area contributed by atoms with Crippen LogP contribution in [0.4, 0.5) is 4.39 Å². The molecule has 2 aromatic heterocycles. The van der Waals surface area contributed by atoms with Gasteiger partial charge in [-0.3, -0.25) is 4.79 Å². The lowest BCUT2D eigenvalue weighted by Gasteiger charge is -2.15. The lowest BCUT2D eigenvalue weighted by Crippen LogP contribution is -2.38. The van der Waals surface area contributed by atoms with Crippen LogP contribution in [0.2, 0.25) is 0 Å². The summed E-state index contributed by atoms with van der Waals surface area (Å²) in [6.07, 6.45) is 0.311. The van der Waals surface area contributed by atoms with E-state index in [4.69, 9.17) is 9.47 Å². The second kappa shape index (κ2) is 10.1. The lowest BCUT2D eigenvalue weighted by atomic mass is 10.2. The van der Waals surface area contributed by atoms with E-state index in [0.29, 0.717) is 28.7 Å². The summed E-state index contributed by atoms with van der Waals surface area (Å²) in [5.74, 6) is 0.899. The number of carbonyl (C=O) groups is 1. The van der Waals surface area contributed by atoms with Gasteiger partial charge in [-0.1, -0.05) is 19.1 Å². The molecule has 0 spiro atoms. The molecule has 1 amide bonds. The fourth-order valence-electron chi connectivity index (χ4n) is 3.16. The van der Waals surface area contributed by atoms with E-state index < -0.39 is 6.10 Å². The number of fused-ring (bicyclic) bond motifs is 1. The Morgan fingerprint density at radius 2 is 1.82 bits per heavy atom. The van der Waals surface area contributed by atoms with Crippen molar-refractivity contribution in [1.82, 2.24) is 25.1 Å². The van der Waals surface area contributed by atoms with Gasteiger partial charge in [-0.05, 0) is 61.4 Å². The summed E-state index contributed by atoms with van der Waals surface area (Å²) < 4.78 is 26.1. The van der Waals surface area contributed by atoms with E-state index in [2.05, 4.69) is 27.5 Å². The van der Waals surface area contributed by atoms with Gasteiger partial charge in [-0.25, -0.2) is 4.39 Å².